The molecule has 2 bridgehead atoms. The molecular weight excluding hydrogens is 160 g/mol. The summed E-state index contributed by atoms with van der Waals surface area (Å²) in [4.78, 5) is 12.0. The molecule has 0 aromatic heterocycles. The van der Waals surface area contributed by atoms with Crippen LogP contribution < -0.4 is 0 Å². The molecule has 74 valence electrons. The molecule has 2 rings (SSSR count). The second kappa shape index (κ2) is 3.11. The Morgan fingerprint density at radius 2 is 2.31 bits per heavy atom. The normalized spacial score (nSPS) is 40.8. The van der Waals surface area contributed by atoms with E-state index in [4.69, 9.17) is 0 Å². The molecule has 1 nitrogen and oxygen atoms in total. The molecule has 0 N–H and O–H groups in total. The maximum atomic E-state index is 12.0. The van der Waals surface area contributed by atoms with E-state index in [0.29, 0.717) is 11.7 Å². The molecule has 2 aliphatic rings. The molecule has 1 heteroatoms. The Morgan fingerprint density at radius 3 is 3.00 bits per heavy atom. The zero-order valence-electron chi connectivity index (χ0n) is 8.81. The number of Topliss-reactive ketones (excluding diaryl/α,β-unsaturated/α-hetero) is 1. The lowest BCUT2D eigenvalue weighted by molar-refractivity contribution is -0.133. The molecule has 0 radical (unpaired) electrons. The molecule has 2 saturated carbocycles. The SMILES string of the molecule is CCC(C)C12CCC(CCC1=O)C2. The highest BCUT2D eigenvalue weighted by molar-refractivity contribution is 5.86. The Morgan fingerprint density at radius 1 is 1.54 bits per heavy atom. The largest absolute Gasteiger partial charge is 0.299 e. The first-order chi connectivity index (χ1) is 6.19. The van der Waals surface area contributed by atoms with E-state index in [-0.39, 0.29) is 5.41 Å². The van der Waals surface area contributed by atoms with Crippen LogP contribution in [-0.4, -0.2) is 5.78 Å². The lowest BCUT2D eigenvalue weighted by Gasteiger charge is -2.36. The number of ketones is 1. The van der Waals surface area contributed by atoms with Crippen molar-refractivity contribution in [3.63, 3.8) is 0 Å². The van der Waals surface area contributed by atoms with E-state index in [1.54, 1.807) is 0 Å². The van der Waals surface area contributed by atoms with Crippen molar-refractivity contribution in [1.29, 1.82) is 0 Å². The van der Waals surface area contributed by atoms with Crippen molar-refractivity contribution in [2.24, 2.45) is 17.3 Å². The lowest BCUT2D eigenvalue weighted by Crippen LogP contribution is -2.37. The van der Waals surface area contributed by atoms with Crippen LogP contribution in [0.15, 0.2) is 0 Å². The monoisotopic (exact) mass is 180 g/mol. The van der Waals surface area contributed by atoms with Gasteiger partial charge >= 0.3 is 0 Å². The highest BCUT2D eigenvalue weighted by Gasteiger charge is 2.50. The van der Waals surface area contributed by atoms with E-state index in [0.717, 1.165) is 12.3 Å². The molecule has 0 amide bonds. The van der Waals surface area contributed by atoms with Gasteiger partial charge in [-0.2, -0.15) is 0 Å². The van der Waals surface area contributed by atoms with Crippen LogP contribution in [0.5, 0.6) is 0 Å². The van der Waals surface area contributed by atoms with Crippen molar-refractivity contribution in [1.82, 2.24) is 0 Å². The van der Waals surface area contributed by atoms with Gasteiger partial charge in [0.1, 0.15) is 5.78 Å². The molecule has 0 heterocycles. The quantitative estimate of drug-likeness (QED) is 0.638. The first kappa shape index (κ1) is 9.23. The Labute approximate surface area is 80.9 Å². The minimum Gasteiger partial charge on any atom is -0.299 e. The second-order valence-corrected chi connectivity index (χ2v) is 5.04. The molecule has 0 aromatic rings. The fraction of sp³-hybridized carbons (Fsp3) is 0.917. The van der Waals surface area contributed by atoms with Crippen molar-refractivity contribution in [3.05, 3.63) is 0 Å². The molecule has 3 unspecified atom stereocenters. The average molecular weight is 180 g/mol. The molecule has 2 aliphatic carbocycles. The van der Waals surface area contributed by atoms with Gasteiger partial charge < -0.3 is 0 Å². The Bertz CT molecular complexity index is 221. The molecule has 0 aliphatic heterocycles. The number of fused-ring (bicyclic) bond motifs is 2. The van der Waals surface area contributed by atoms with Gasteiger partial charge in [0.2, 0.25) is 0 Å². The zero-order valence-corrected chi connectivity index (χ0v) is 8.81. The van der Waals surface area contributed by atoms with E-state index in [2.05, 4.69) is 13.8 Å². The predicted octanol–water partition coefficient (Wildman–Crippen LogP) is 3.18. The fourth-order valence-electron chi connectivity index (χ4n) is 3.38. The van der Waals surface area contributed by atoms with E-state index in [9.17, 15) is 4.79 Å². The fourth-order valence-corrected chi connectivity index (χ4v) is 3.38. The summed E-state index contributed by atoms with van der Waals surface area (Å²) >= 11 is 0. The summed E-state index contributed by atoms with van der Waals surface area (Å²) in [7, 11) is 0. The van der Waals surface area contributed by atoms with Crippen LogP contribution in [-0.2, 0) is 4.79 Å². The van der Waals surface area contributed by atoms with Crippen molar-refractivity contribution in [3.8, 4) is 0 Å². The van der Waals surface area contributed by atoms with Crippen molar-refractivity contribution in [2.45, 2.75) is 52.4 Å². The Hall–Kier alpha value is -0.330. The van der Waals surface area contributed by atoms with Crippen LogP contribution in [0.25, 0.3) is 0 Å². The average Bonchev–Trinajstić information content (AvgIpc) is 2.52. The van der Waals surface area contributed by atoms with Crippen LogP contribution in [0.4, 0.5) is 0 Å². The summed E-state index contributed by atoms with van der Waals surface area (Å²) in [5, 5.41) is 0. The molecule has 3 atom stereocenters. The zero-order chi connectivity index (χ0) is 9.47. The van der Waals surface area contributed by atoms with Gasteiger partial charge in [0.25, 0.3) is 0 Å². The smallest absolute Gasteiger partial charge is 0.139 e. The predicted molar refractivity (Wildman–Crippen MR) is 53.5 cm³/mol. The number of rotatable bonds is 2. The van der Waals surface area contributed by atoms with E-state index in [1.807, 2.05) is 0 Å². The van der Waals surface area contributed by atoms with Crippen molar-refractivity contribution >= 4 is 5.78 Å². The maximum Gasteiger partial charge on any atom is 0.139 e. The first-order valence-electron chi connectivity index (χ1n) is 5.72. The van der Waals surface area contributed by atoms with Crippen LogP contribution in [0.1, 0.15) is 52.4 Å². The van der Waals surface area contributed by atoms with E-state index >= 15 is 0 Å². The third-order valence-electron chi connectivity index (χ3n) is 4.54. The molecule has 13 heavy (non-hydrogen) atoms. The Kier molecular flexibility index (Phi) is 2.21. The standard InChI is InChI=1S/C12H20O/c1-3-9(2)12-7-6-10(8-12)4-5-11(12)13/h9-10H,3-8H2,1-2H3. The molecule has 0 aromatic carbocycles. The van der Waals surface area contributed by atoms with Crippen LogP contribution in [0.3, 0.4) is 0 Å². The maximum absolute atomic E-state index is 12.0. The van der Waals surface area contributed by atoms with Gasteiger partial charge in [0.15, 0.2) is 0 Å². The number of hydrogen-bond acceptors (Lipinski definition) is 1. The van der Waals surface area contributed by atoms with Crippen molar-refractivity contribution in [2.75, 3.05) is 0 Å². The molecule has 0 saturated heterocycles. The topological polar surface area (TPSA) is 17.1 Å². The number of hydrogen-bond donors (Lipinski definition) is 0. The molecule has 2 fully saturated rings. The van der Waals surface area contributed by atoms with E-state index in [1.165, 1.54) is 32.1 Å². The summed E-state index contributed by atoms with van der Waals surface area (Å²) < 4.78 is 0. The van der Waals surface area contributed by atoms with Gasteiger partial charge in [-0.15, -0.1) is 0 Å². The van der Waals surface area contributed by atoms with Crippen molar-refractivity contribution < 1.29 is 4.79 Å². The van der Waals surface area contributed by atoms with Gasteiger partial charge in [-0.05, 0) is 37.5 Å². The molecule has 0 spiro atoms. The van der Waals surface area contributed by atoms with E-state index < -0.39 is 0 Å². The van der Waals surface area contributed by atoms with Gasteiger partial charge in [-0.1, -0.05) is 20.3 Å². The highest BCUT2D eigenvalue weighted by atomic mass is 16.1. The first-order valence-corrected chi connectivity index (χ1v) is 5.72. The summed E-state index contributed by atoms with van der Waals surface area (Å²) in [6.07, 6.45) is 6.92. The molecular formula is C12H20O. The van der Waals surface area contributed by atoms with Gasteiger partial charge in [-0.25, -0.2) is 0 Å². The van der Waals surface area contributed by atoms with Gasteiger partial charge in [0.05, 0.1) is 0 Å². The number of carbonyl (C=O) groups excluding carboxylic acids is 1. The van der Waals surface area contributed by atoms with Crippen LogP contribution in [0, 0.1) is 17.3 Å². The summed E-state index contributed by atoms with van der Waals surface area (Å²) in [5.41, 5.74) is 0.123. The third kappa shape index (κ3) is 1.24. The van der Waals surface area contributed by atoms with Crippen LogP contribution in [0.2, 0.25) is 0 Å². The Balaban J connectivity index is 2.23. The minimum absolute atomic E-state index is 0.123. The third-order valence-corrected chi connectivity index (χ3v) is 4.54. The summed E-state index contributed by atoms with van der Waals surface area (Å²) in [6, 6.07) is 0. The summed E-state index contributed by atoms with van der Waals surface area (Å²) in [6.45, 7) is 4.49. The van der Waals surface area contributed by atoms with Gasteiger partial charge in [0, 0.05) is 11.8 Å². The highest BCUT2D eigenvalue weighted by Crippen LogP contribution is 2.54. The summed E-state index contributed by atoms with van der Waals surface area (Å²) in [5.74, 6) is 2.08. The van der Waals surface area contributed by atoms with Gasteiger partial charge in [-0.3, -0.25) is 4.79 Å². The minimum atomic E-state index is 0.123. The number of carbonyl (C=O) groups is 1. The van der Waals surface area contributed by atoms with Crippen LogP contribution >= 0.6 is 0 Å². The second-order valence-electron chi connectivity index (χ2n) is 5.04. The lowest BCUT2D eigenvalue weighted by atomic mass is 9.66.